The van der Waals surface area contributed by atoms with Crippen molar-refractivity contribution in [2.24, 2.45) is 0 Å². The highest BCUT2D eigenvalue weighted by Crippen LogP contribution is 2.26. The molecule has 6 heteroatoms. The molecule has 1 N–H and O–H groups in total. The van der Waals surface area contributed by atoms with Crippen molar-refractivity contribution in [2.45, 2.75) is 51.7 Å². The minimum absolute atomic E-state index is 0.156. The smallest absolute Gasteiger partial charge is 0.131 e. The first-order chi connectivity index (χ1) is 12.2. The Balaban J connectivity index is 1.83. The summed E-state index contributed by atoms with van der Waals surface area (Å²) >= 11 is 0. The molecule has 6 nitrogen and oxygen atoms in total. The highest BCUT2D eigenvalue weighted by Gasteiger charge is 2.18. The summed E-state index contributed by atoms with van der Waals surface area (Å²) in [5, 5.41) is 17.4. The highest BCUT2D eigenvalue weighted by atomic mass is 16.5. The standard InChI is InChI=1S/C19H24N4O2/c1-14(2)17-10-15(6-5-8-24)11-20-19(17)18-13-23(22-21-18)12-16-7-3-4-9-25-16/h10-11,13-14,16,24H,3-4,7-9,12H2,1-2H3. The number of ether oxygens (including phenoxy) is 1. The number of hydrogen-bond acceptors (Lipinski definition) is 5. The zero-order valence-electron chi connectivity index (χ0n) is 14.8. The van der Waals surface area contributed by atoms with Crippen LogP contribution in [0.2, 0.25) is 0 Å². The number of nitrogens with zero attached hydrogens (tertiary/aromatic N) is 4. The molecule has 132 valence electrons. The number of aliphatic hydroxyl groups is 1. The number of rotatable bonds is 4. The second kappa shape index (κ2) is 8.24. The first-order valence-corrected chi connectivity index (χ1v) is 8.79. The maximum atomic E-state index is 8.85. The Morgan fingerprint density at radius 3 is 3.00 bits per heavy atom. The Kier molecular flexibility index (Phi) is 5.79. The largest absolute Gasteiger partial charge is 0.384 e. The van der Waals surface area contributed by atoms with E-state index in [1.807, 2.05) is 16.9 Å². The van der Waals surface area contributed by atoms with Gasteiger partial charge in [0.2, 0.25) is 0 Å². The molecule has 2 aromatic rings. The Hall–Kier alpha value is -2.23. The summed E-state index contributed by atoms with van der Waals surface area (Å²) in [4.78, 5) is 4.55. The molecule has 1 atom stereocenters. The first kappa shape index (κ1) is 17.6. The van der Waals surface area contributed by atoms with Crippen LogP contribution in [0.1, 0.15) is 50.2 Å². The van der Waals surface area contributed by atoms with Gasteiger partial charge in [-0.25, -0.2) is 4.68 Å². The van der Waals surface area contributed by atoms with Gasteiger partial charge in [0.15, 0.2) is 0 Å². The lowest BCUT2D eigenvalue weighted by Crippen LogP contribution is -2.24. The third-order valence-electron chi connectivity index (χ3n) is 4.30. The fraction of sp³-hybridized carbons (Fsp3) is 0.526. The third kappa shape index (κ3) is 4.44. The molecule has 3 rings (SSSR count). The van der Waals surface area contributed by atoms with Gasteiger partial charge < -0.3 is 9.84 Å². The van der Waals surface area contributed by atoms with Gasteiger partial charge in [-0.05, 0) is 36.8 Å². The topological polar surface area (TPSA) is 73.1 Å². The van der Waals surface area contributed by atoms with E-state index in [0.717, 1.165) is 48.5 Å². The zero-order chi connectivity index (χ0) is 17.6. The van der Waals surface area contributed by atoms with E-state index in [4.69, 9.17) is 9.84 Å². The van der Waals surface area contributed by atoms with E-state index in [1.54, 1.807) is 6.20 Å². The summed E-state index contributed by atoms with van der Waals surface area (Å²) in [7, 11) is 0. The fourth-order valence-electron chi connectivity index (χ4n) is 3.00. The molecule has 1 unspecified atom stereocenters. The molecule has 2 aromatic heterocycles. The van der Waals surface area contributed by atoms with Gasteiger partial charge in [-0.1, -0.05) is 30.9 Å². The van der Waals surface area contributed by atoms with Gasteiger partial charge in [0.25, 0.3) is 0 Å². The minimum Gasteiger partial charge on any atom is -0.384 e. The zero-order valence-corrected chi connectivity index (χ0v) is 14.8. The van der Waals surface area contributed by atoms with E-state index in [0.29, 0.717) is 0 Å². The molecule has 3 heterocycles. The normalized spacial score (nSPS) is 17.4. The summed E-state index contributed by atoms with van der Waals surface area (Å²) in [6, 6.07) is 2.01. The van der Waals surface area contributed by atoms with Crippen LogP contribution in [0.4, 0.5) is 0 Å². The van der Waals surface area contributed by atoms with E-state index in [9.17, 15) is 0 Å². The van der Waals surface area contributed by atoms with E-state index >= 15 is 0 Å². The van der Waals surface area contributed by atoms with Crippen LogP contribution in [-0.2, 0) is 11.3 Å². The van der Waals surface area contributed by atoms with Crippen molar-refractivity contribution in [2.75, 3.05) is 13.2 Å². The van der Waals surface area contributed by atoms with E-state index in [2.05, 4.69) is 41.0 Å². The van der Waals surface area contributed by atoms with Crippen LogP contribution >= 0.6 is 0 Å². The fourth-order valence-corrected chi connectivity index (χ4v) is 3.00. The molecule has 0 bridgehead atoms. The van der Waals surface area contributed by atoms with Gasteiger partial charge in [-0.3, -0.25) is 4.98 Å². The van der Waals surface area contributed by atoms with E-state index < -0.39 is 0 Å². The number of aromatic nitrogens is 4. The SMILES string of the molecule is CC(C)c1cc(C#CCO)cnc1-c1cn(CC2CCCCO2)nn1. The van der Waals surface area contributed by atoms with Crippen LogP contribution in [-0.4, -0.2) is 44.4 Å². The highest BCUT2D eigenvalue weighted by molar-refractivity contribution is 5.60. The summed E-state index contributed by atoms with van der Waals surface area (Å²) in [5.41, 5.74) is 3.47. The maximum absolute atomic E-state index is 8.85. The monoisotopic (exact) mass is 340 g/mol. The predicted octanol–water partition coefficient (Wildman–Crippen LogP) is 2.38. The minimum atomic E-state index is -0.156. The maximum Gasteiger partial charge on any atom is 0.131 e. The van der Waals surface area contributed by atoms with Gasteiger partial charge in [0.1, 0.15) is 12.3 Å². The summed E-state index contributed by atoms with van der Waals surface area (Å²) in [6.45, 7) is 5.64. The van der Waals surface area contributed by atoms with Crippen molar-refractivity contribution in [1.82, 2.24) is 20.0 Å². The molecule has 1 saturated heterocycles. The molecule has 0 amide bonds. The third-order valence-corrected chi connectivity index (χ3v) is 4.30. The van der Waals surface area contributed by atoms with E-state index in [1.165, 1.54) is 6.42 Å². The average Bonchev–Trinajstić information content (AvgIpc) is 3.09. The number of pyridine rings is 1. The van der Waals surface area contributed by atoms with E-state index in [-0.39, 0.29) is 18.6 Å². The van der Waals surface area contributed by atoms with Crippen molar-refractivity contribution in [1.29, 1.82) is 0 Å². The van der Waals surface area contributed by atoms with Gasteiger partial charge in [0, 0.05) is 18.4 Å². The summed E-state index contributed by atoms with van der Waals surface area (Å²) in [5.74, 6) is 5.85. The van der Waals surface area contributed by atoms with Gasteiger partial charge in [-0.15, -0.1) is 5.10 Å². The lowest BCUT2D eigenvalue weighted by Gasteiger charge is -2.21. The Labute approximate surface area is 148 Å². The van der Waals surface area contributed by atoms with Crippen LogP contribution in [0.5, 0.6) is 0 Å². The molecule has 0 aromatic carbocycles. The van der Waals surface area contributed by atoms with Gasteiger partial charge >= 0.3 is 0 Å². The van der Waals surface area contributed by atoms with Crippen molar-refractivity contribution < 1.29 is 9.84 Å². The molecule has 1 aliphatic heterocycles. The molecule has 0 spiro atoms. The van der Waals surface area contributed by atoms with Crippen LogP contribution in [0, 0.1) is 11.8 Å². The molecular formula is C19H24N4O2. The van der Waals surface area contributed by atoms with Crippen LogP contribution in [0.3, 0.4) is 0 Å². The second-order valence-electron chi connectivity index (χ2n) is 6.59. The molecule has 25 heavy (non-hydrogen) atoms. The first-order valence-electron chi connectivity index (χ1n) is 8.79. The summed E-state index contributed by atoms with van der Waals surface area (Å²) < 4.78 is 7.62. The van der Waals surface area contributed by atoms with Crippen LogP contribution in [0.15, 0.2) is 18.5 Å². The predicted molar refractivity (Wildman–Crippen MR) is 94.9 cm³/mol. The van der Waals surface area contributed by atoms with Crippen molar-refractivity contribution >= 4 is 0 Å². The number of hydrogen-bond donors (Lipinski definition) is 1. The summed E-state index contributed by atoms with van der Waals surface area (Å²) in [6.07, 6.45) is 7.30. The second-order valence-corrected chi connectivity index (χ2v) is 6.59. The van der Waals surface area contributed by atoms with Crippen molar-refractivity contribution in [3.63, 3.8) is 0 Å². The molecule has 1 aliphatic rings. The van der Waals surface area contributed by atoms with Gasteiger partial charge in [-0.2, -0.15) is 0 Å². The molecular weight excluding hydrogens is 316 g/mol. The van der Waals surface area contributed by atoms with Crippen LogP contribution in [0.25, 0.3) is 11.4 Å². The van der Waals surface area contributed by atoms with Crippen LogP contribution < -0.4 is 0 Å². The Morgan fingerprint density at radius 2 is 2.28 bits per heavy atom. The van der Waals surface area contributed by atoms with Gasteiger partial charge in [0.05, 0.1) is 24.5 Å². The van der Waals surface area contributed by atoms with Crippen molar-refractivity contribution in [3.8, 4) is 23.2 Å². The molecule has 0 saturated carbocycles. The van der Waals surface area contributed by atoms with Crippen molar-refractivity contribution in [3.05, 3.63) is 29.6 Å². The average molecular weight is 340 g/mol. The lowest BCUT2D eigenvalue weighted by atomic mass is 9.98. The Morgan fingerprint density at radius 1 is 1.40 bits per heavy atom. The quantitative estimate of drug-likeness (QED) is 0.865. The molecule has 0 aliphatic carbocycles. The Bertz CT molecular complexity index is 767. The lowest BCUT2D eigenvalue weighted by molar-refractivity contribution is 0.00370. The molecule has 0 radical (unpaired) electrons. The number of aliphatic hydroxyl groups excluding tert-OH is 1. The molecule has 1 fully saturated rings.